The first-order chi connectivity index (χ1) is 8.75. The fourth-order valence-electron chi connectivity index (χ4n) is 1.75. The smallest absolute Gasteiger partial charge is 0.237 e. The molecule has 0 bridgehead atoms. The second kappa shape index (κ2) is 6.24. The van der Waals surface area contributed by atoms with Crippen LogP contribution in [0.1, 0.15) is 58.6 Å². The number of nitrogens with one attached hydrogen (secondary N) is 2. The van der Waals surface area contributed by atoms with Crippen molar-refractivity contribution in [2.45, 2.75) is 65.6 Å². The molecule has 0 aliphatic heterocycles. The van der Waals surface area contributed by atoms with Crippen molar-refractivity contribution in [3.8, 4) is 0 Å². The zero-order valence-corrected chi connectivity index (χ0v) is 12.8. The van der Waals surface area contributed by atoms with Gasteiger partial charge in [-0.3, -0.25) is 10.1 Å². The minimum absolute atomic E-state index is 0.0131. The molecule has 2 atom stereocenters. The van der Waals surface area contributed by atoms with Gasteiger partial charge >= 0.3 is 0 Å². The summed E-state index contributed by atoms with van der Waals surface area (Å²) in [7, 11) is 0. The van der Waals surface area contributed by atoms with Gasteiger partial charge in [0, 0.05) is 5.54 Å². The number of carbonyl (C=O) groups excluding carboxylic acids is 1. The topological polar surface area (TPSA) is 54.3 Å². The predicted octanol–water partition coefficient (Wildman–Crippen LogP) is 2.93. The molecule has 2 unspecified atom stereocenters. The van der Waals surface area contributed by atoms with Crippen LogP contribution in [0.4, 0.5) is 0 Å². The van der Waals surface area contributed by atoms with Gasteiger partial charge in [0.15, 0.2) is 0 Å². The molecule has 1 amide bonds. The molecule has 19 heavy (non-hydrogen) atoms. The predicted molar refractivity (Wildman–Crippen MR) is 77.0 cm³/mol. The molecule has 108 valence electrons. The van der Waals surface area contributed by atoms with Crippen molar-refractivity contribution in [1.82, 2.24) is 10.6 Å². The van der Waals surface area contributed by atoms with E-state index in [1.807, 2.05) is 46.8 Å². The van der Waals surface area contributed by atoms with E-state index in [2.05, 4.69) is 17.6 Å². The van der Waals surface area contributed by atoms with Gasteiger partial charge in [0.25, 0.3) is 0 Å². The molecule has 1 aromatic heterocycles. The Balaban J connectivity index is 2.54. The summed E-state index contributed by atoms with van der Waals surface area (Å²) in [6.45, 7) is 11.9. The standard InChI is InChI=1S/C15H26N2O2/c1-7-15(5,6)17-14(18)12(4)16-11(3)13-9-8-10(2)19-13/h8-9,11-12,16H,7H2,1-6H3,(H,17,18). The highest BCUT2D eigenvalue weighted by molar-refractivity contribution is 5.82. The van der Waals surface area contributed by atoms with Gasteiger partial charge in [0.05, 0.1) is 12.1 Å². The molecule has 0 aliphatic carbocycles. The first-order valence-electron chi connectivity index (χ1n) is 6.89. The van der Waals surface area contributed by atoms with Crippen LogP contribution >= 0.6 is 0 Å². The maximum atomic E-state index is 12.1. The number of rotatable bonds is 6. The molecule has 1 rings (SSSR count). The zero-order chi connectivity index (χ0) is 14.6. The van der Waals surface area contributed by atoms with Crippen molar-refractivity contribution >= 4 is 5.91 Å². The van der Waals surface area contributed by atoms with Gasteiger partial charge in [-0.2, -0.15) is 0 Å². The molecule has 0 spiro atoms. The van der Waals surface area contributed by atoms with Crippen molar-refractivity contribution in [2.24, 2.45) is 0 Å². The van der Waals surface area contributed by atoms with Gasteiger partial charge in [-0.1, -0.05) is 6.92 Å². The summed E-state index contributed by atoms with van der Waals surface area (Å²) >= 11 is 0. The van der Waals surface area contributed by atoms with Crippen molar-refractivity contribution in [3.63, 3.8) is 0 Å². The maximum absolute atomic E-state index is 12.1. The van der Waals surface area contributed by atoms with E-state index < -0.39 is 0 Å². The molecule has 0 saturated carbocycles. The molecule has 0 aliphatic rings. The summed E-state index contributed by atoms with van der Waals surface area (Å²) in [6.07, 6.45) is 0.901. The lowest BCUT2D eigenvalue weighted by Gasteiger charge is -2.27. The van der Waals surface area contributed by atoms with Crippen LogP contribution in [0, 0.1) is 6.92 Å². The first kappa shape index (κ1) is 15.8. The highest BCUT2D eigenvalue weighted by Gasteiger charge is 2.23. The van der Waals surface area contributed by atoms with E-state index in [9.17, 15) is 4.79 Å². The number of furan rings is 1. The molecule has 1 aromatic rings. The first-order valence-corrected chi connectivity index (χ1v) is 6.89. The van der Waals surface area contributed by atoms with Gasteiger partial charge in [-0.05, 0) is 53.2 Å². The minimum Gasteiger partial charge on any atom is -0.465 e. The number of amides is 1. The lowest BCUT2D eigenvalue weighted by Crippen LogP contribution is -2.51. The second-order valence-corrected chi connectivity index (χ2v) is 5.79. The number of carbonyl (C=O) groups is 1. The molecule has 0 radical (unpaired) electrons. The fourth-order valence-corrected chi connectivity index (χ4v) is 1.75. The summed E-state index contributed by atoms with van der Waals surface area (Å²) in [5, 5.41) is 6.29. The Hall–Kier alpha value is -1.29. The quantitative estimate of drug-likeness (QED) is 0.832. The van der Waals surface area contributed by atoms with Crippen LogP contribution in [0.5, 0.6) is 0 Å². The molecular formula is C15H26N2O2. The average molecular weight is 266 g/mol. The van der Waals surface area contributed by atoms with E-state index in [1.165, 1.54) is 0 Å². The molecule has 1 heterocycles. The third kappa shape index (κ3) is 4.71. The Morgan fingerprint density at radius 2 is 2.00 bits per heavy atom. The number of hydrogen-bond donors (Lipinski definition) is 2. The van der Waals surface area contributed by atoms with E-state index in [0.717, 1.165) is 17.9 Å². The Bertz CT molecular complexity index is 424. The van der Waals surface area contributed by atoms with Crippen LogP contribution in [0.15, 0.2) is 16.5 Å². The minimum atomic E-state index is -0.258. The van der Waals surface area contributed by atoms with Crippen LogP contribution in [-0.4, -0.2) is 17.5 Å². The third-order valence-corrected chi connectivity index (χ3v) is 3.43. The lowest BCUT2D eigenvalue weighted by atomic mass is 10.0. The molecule has 0 aromatic carbocycles. The van der Waals surface area contributed by atoms with Crippen LogP contribution in [0.3, 0.4) is 0 Å². The van der Waals surface area contributed by atoms with E-state index in [0.29, 0.717) is 0 Å². The van der Waals surface area contributed by atoms with Gasteiger partial charge < -0.3 is 9.73 Å². The van der Waals surface area contributed by atoms with Crippen molar-refractivity contribution < 1.29 is 9.21 Å². The van der Waals surface area contributed by atoms with Crippen LogP contribution in [-0.2, 0) is 4.79 Å². The number of aryl methyl sites for hydroxylation is 1. The average Bonchev–Trinajstić information content (AvgIpc) is 2.75. The molecule has 2 N–H and O–H groups in total. The van der Waals surface area contributed by atoms with Gasteiger partial charge in [-0.15, -0.1) is 0 Å². The molecule has 4 heteroatoms. The van der Waals surface area contributed by atoms with Crippen molar-refractivity contribution in [2.75, 3.05) is 0 Å². The fraction of sp³-hybridized carbons (Fsp3) is 0.667. The van der Waals surface area contributed by atoms with E-state index in [1.54, 1.807) is 0 Å². The van der Waals surface area contributed by atoms with Crippen LogP contribution in [0.2, 0.25) is 0 Å². The van der Waals surface area contributed by atoms with Gasteiger partial charge in [0.1, 0.15) is 11.5 Å². The summed E-state index contributed by atoms with van der Waals surface area (Å²) in [4.78, 5) is 12.1. The van der Waals surface area contributed by atoms with E-state index in [4.69, 9.17) is 4.42 Å². The Morgan fingerprint density at radius 1 is 1.37 bits per heavy atom. The maximum Gasteiger partial charge on any atom is 0.237 e. The summed E-state index contributed by atoms with van der Waals surface area (Å²) in [5.41, 5.74) is -0.169. The Morgan fingerprint density at radius 3 is 2.47 bits per heavy atom. The summed E-state index contributed by atoms with van der Waals surface area (Å²) < 4.78 is 5.55. The molecule has 4 nitrogen and oxygen atoms in total. The van der Waals surface area contributed by atoms with Gasteiger partial charge in [-0.25, -0.2) is 0 Å². The van der Waals surface area contributed by atoms with E-state index in [-0.39, 0.29) is 23.5 Å². The third-order valence-electron chi connectivity index (χ3n) is 3.43. The molecular weight excluding hydrogens is 240 g/mol. The van der Waals surface area contributed by atoms with Crippen molar-refractivity contribution in [1.29, 1.82) is 0 Å². The second-order valence-electron chi connectivity index (χ2n) is 5.79. The highest BCUT2D eigenvalue weighted by Crippen LogP contribution is 2.16. The SMILES string of the molecule is CCC(C)(C)NC(=O)C(C)NC(C)c1ccc(C)o1. The normalized spacial score (nSPS) is 15.1. The summed E-state index contributed by atoms with van der Waals surface area (Å²) in [5.74, 6) is 1.75. The lowest BCUT2D eigenvalue weighted by molar-refractivity contribution is -0.124. The Kier molecular flexibility index (Phi) is 5.18. The molecule has 0 fully saturated rings. The van der Waals surface area contributed by atoms with Crippen LogP contribution in [0.25, 0.3) is 0 Å². The van der Waals surface area contributed by atoms with Gasteiger partial charge in [0.2, 0.25) is 5.91 Å². The molecule has 0 saturated heterocycles. The van der Waals surface area contributed by atoms with E-state index >= 15 is 0 Å². The van der Waals surface area contributed by atoms with Crippen molar-refractivity contribution in [3.05, 3.63) is 23.7 Å². The number of hydrogen-bond acceptors (Lipinski definition) is 3. The largest absolute Gasteiger partial charge is 0.465 e. The highest BCUT2D eigenvalue weighted by atomic mass is 16.3. The summed E-state index contributed by atoms with van der Waals surface area (Å²) in [6, 6.07) is 3.62. The van der Waals surface area contributed by atoms with Crippen LogP contribution < -0.4 is 10.6 Å². The monoisotopic (exact) mass is 266 g/mol. The Labute approximate surface area is 116 Å². The zero-order valence-electron chi connectivity index (χ0n) is 12.8.